The summed E-state index contributed by atoms with van der Waals surface area (Å²) in [6.45, 7) is 3.75. The van der Waals surface area contributed by atoms with Gasteiger partial charge in [0.05, 0.1) is 5.41 Å². The van der Waals surface area contributed by atoms with Crippen LogP contribution in [0.2, 0.25) is 0 Å². The molecule has 1 spiro atoms. The number of hydrogen-bond acceptors (Lipinski definition) is 1. The smallest absolute Gasteiger partial charge is 0.252 e. The normalized spacial score (nSPS) is 40.2. The lowest BCUT2D eigenvalue weighted by molar-refractivity contribution is -0.117. The van der Waals surface area contributed by atoms with Crippen LogP contribution in [0.5, 0.6) is 0 Å². The maximum atomic E-state index is 13.8. The van der Waals surface area contributed by atoms with E-state index in [0.717, 1.165) is 24.8 Å². The van der Waals surface area contributed by atoms with E-state index in [9.17, 15) is 9.18 Å². The molecule has 2 aliphatic carbocycles. The molecule has 3 rings (SSSR count). The third-order valence-electron chi connectivity index (χ3n) is 3.69. The largest absolute Gasteiger partial charge is 0.322 e. The summed E-state index contributed by atoms with van der Waals surface area (Å²) in [5, 5.41) is 2.63. The van der Waals surface area contributed by atoms with E-state index >= 15 is 0 Å². The fourth-order valence-electron chi connectivity index (χ4n) is 3.03. The van der Waals surface area contributed by atoms with Crippen LogP contribution in [0.1, 0.15) is 25.7 Å². The second-order valence-corrected chi connectivity index (χ2v) is 4.37. The number of piperidine rings is 1. The third kappa shape index (κ3) is 0.703. The maximum absolute atomic E-state index is 13.8. The van der Waals surface area contributed by atoms with Gasteiger partial charge < -0.3 is 5.32 Å². The van der Waals surface area contributed by atoms with Crippen LogP contribution in [0.25, 0.3) is 0 Å². The minimum Gasteiger partial charge on any atom is -0.322 e. The summed E-state index contributed by atoms with van der Waals surface area (Å²) in [7, 11) is 0. The van der Waals surface area contributed by atoms with Gasteiger partial charge in [0.1, 0.15) is 6.17 Å². The van der Waals surface area contributed by atoms with E-state index in [-0.39, 0.29) is 5.91 Å². The van der Waals surface area contributed by atoms with Crippen molar-refractivity contribution in [2.75, 3.05) is 0 Å². The number of fused-ring (bicyclic) bond motifs is 2. The molecule has 1 amide bonds. The van der Waals surface area contributed by atoms with Gasteiger partial charge in [-0.25, -0.2) is 4.39 Å². The van der Waals surface area contributed by atoms with Crippen LogP contribution in [0.4, 0.5) is 4.39 Å². The standard InChI is InChI=1S/C11H12FNO/c1-6-8-9(10(14)13-6)11(8)5-3-2-4-7(11)12/h7H,1-5H2,(H,13,14). The van der Waals surface area contributed by atoms with Crippen molar-refractivity contribution in [1.29, 1.82) is 0 Å². The van der Waals surface area contributed by atoms with E-state index < -0.39 is 11.6 Å². The Bertz CT molecular complexity index is 359. The van der Waals surface area contributed by atoms with Crippen molar-refractivity contribution in [3.8, 4) is 0 Å². The SMILES string of the molecule is C=C1NC(=O)C2=C1C21CCCCC1F. The van der Waals surface area contributed by atoms with Crippen molar-refractivity contribution in [3.05, 3.63) is 23.4 Å². The van der Waals surface area contributed by atoms with Crippen molar-refractivity contribution in [2.24, 2.45) is 5.41 Å². The molecule has 1 N–H and O–H groups in total. The maximum Gasteiger partial charge on any atom is 0.252 e. The highest BCUT2D eigenvalue weighted by Gasteiger charge is 2.65. The average molecular weight is 193 g/mol. The minimum atomic E-state index is -0.857. The first-order chi connectivity index (χ1) is 6.68. The van der Waals surface area contributed by atoms with E-state index in [2.05, 4.69) is 11.9 Å². The molecular weight excluding hydrogens is 181 g/mol. The van der Waals surface area contributed by atoms with Crippen molar-refractivity contribution in [1.82, 2.24) is 5.32 Å². The summed E-state index contributed by atoms with van der Waals surface area (Å²) in [6, 6.07) is 0. The molecule has 0 radical (unpaired) electrons. The molecule has 0 aromatic rings. The molecule has 2 nitrogen and oxygen atoms in total. The number of nitrogens with one attached hydrogen (secondary N) is 1. The number of halogens is 1. The Labute approximate surface area is 81.9 Å². The van der Waals surface area contributed by atoms with Crippen LogP contribution in [-0.2, 0) is 4.79 Å². The predicted molar refractivity (Wildman–Crippen MR) is 50.1 cm³/mol. The number of carbonyl (C=O) groups excluding carboxylic acids is 1. The van der Waals surface area contributed by atoms with Gasteiger partial charge in [0.25, 0.3) is 5.91 Å². The van der Waals surface area contributed by atoms with Crippen LogP contribution < -0.4 is 5.32 Å². The van der Waals surface area contributed by atoms with E-state index in [0.29, 0.717) is 17.7 Å². The van der Waals surface area contributed by atoms with Gasteiger partial charge in [0.2, 0.25) is 0 Å². The average Bonchev–Trinajstić information content (AvgIpc) is 2.70. The predicted octanol–water partition coefficient (Wildman–Crippen LogP) is 1.84. The molecule has 0 saturated heterocycles. The number of allylic oxidation sites excluding steroid dienone is 1. The third-order valence-corrected chi connectivity index (χ3v) is 3.69. The lowest BCUT2D eigenvalue weighted by Gasteiger charge is -2.31. The quantitative estimate of drug-likeness (QED) is 0.625. The van der Waals surface area contributed by atoms with Crippen LogP contribution in [0.3, 0.4) is 0 Å². The monoisotopic (exact) mass is 193 g/mol. The van der Waals surface area contributed by atoms with Crippen LogP contribution in [0.15, 0.2) is 23.4 Å². The Morgan fingerprint density at radius 1 is 1.43 bits per heavy atom. The van der Waals surface area contributed by atoms with Crippen LogP contribution >= 0.6 is 0 Å². The second-order valence-electron chi connectivity index (χ2n) is 4.37. The molecule has 3 aliphatic rings. The molecule has 2 unspecified atom stereocenters. The first kappa shape index (κ1) is 8.21. The first-order valence-corrected chi connectivity index (χ1v) is 5.08. The summed E-state index contributed by atoms with van der Waals surface area (Å²) in [5.41, 5.74) is 1.71. The Hall–Kier alpha value is -1.12. The van der Waals surface area contributed by atoms with Gasteiger partial charge in [-0.1, -0.05) is 19.4 Å². The molecule has 0 aromatic carbocycles. The molecule has 2 atom stereocenters. The van der Waals surface area contributed by atoms with E-state index in [1.807, 2.05) is 0 Å². The molecule has 74 valence electrons. The van der Waals surface area contributed by atoms with Gasteiger partial charge in [-0.15, -0.1) is 0 Å². The number of amides is 1. The van der Waals surface area contributed by atoms with E-state index in [1.54, 1.807) is 0 Å². The van der Waals surface area contributed by atoms with E-state index in [1.165, 1.54) is 0 Å². The molecule has 3 heteroatoms. The highest BCUT2D eigenvalue weighted by Crippen LogP contribution is 2.66. The van der Waals surface area contributed by atoms with Crippen molar-refractivity contribution in [3.63, 3.8) is 0 Å². The topological polar surface area (TPSA) is 29.1 Å². The Kier molecular flexibility index (Phi) is 1.33. The van der Waals surface area contributed by atoms with Gasteiger partial charge in [0.15, 0.2) is 0 Å². The van der Waals surface area contributed by atoms with Gasteiger partial charge in [0, 0.05) is 11.3 Å². The highest BCUT2D eigenvalue weighted by atomic mass is 19.1. The molecule has 0 aromatic heterocycles. The minimum absolute atomic E-state index is 0.116. The molecule has 1 heterocycles. The zero-order valence-electron chi connectivity index (χ0n) is 7.90. The van der Waals surface area contributed by atoms with Gasteiger partial charge in [-0.2, -0.15) is 0 Å². The Balaban J connectivity index is 1.97. The molecule has 1 fully saturated rings. The fourth-order valence-corrected chi connectivity index (χ4v) is 3.03. The lowest BCUT2D eigenvalue weighted by Crippen LogP contribution is -2.35. The number of hydrogen-bond donors (Lipinski definition) is 1. The number of alkyl halides is 1. The lowest BCUT2D eigenvalue weighted by atomic mass is 9.77. The van der Waals surface area contributed by atoms with E-state index in [4.69, 9.17) is 0 Å². The Morgan fingerprint density at radius 2 is 2.21 bits per heavy atom. The number of carbonyl (C=O) groups is 1. The van der Waals surface area contributed by atoms with Crippen molar-refractivity contribution < 1.29 is 9.18 Å². The second kappa shape index (κ2) is 2.27. The molecule has 14 heavy (non-hydrogen) atoms. The van der Waals surface area contributed by atoms with Crippen molar-refractivity contribution in [2.45, 2.75) is 31.9 Å². The van der Waals surface area contributed by atoms with Crippen molar-refractivity contribution >= 4 is 5.91 Å². The fraction of sp³-hybridized carbons (Fsp3) is 0.545. The molecule has 1 aliphatic heterocycles. The summed E-state index contributed by atoms with van der Waals surface area (Å²) in [5.74, 6) is -0.116. The molecular formula is C11H12FNO. The van der Waals surface area contributed by atoms with Gasteiger partial charge in [-0.05, 0) is 18.4 Å². The van der Waals surface area contributed by atoms with Gasteiger partial charge >= 0.3 is 0 Å². The highest BCUT2D eigenvalue weighted by molar-refractivity contribution is 6.09. The summed E-state index contributed by atoms with van der Waals surface area (Å²) in [4.78, 5) is 11.4. The zero-order valence-corrected chi connectivity index (χ0v) is 7.90. The van der Waals surface area contributed by atoms with Gasteiger partial charge in [-0.3, -0.25) is 4.79 Å². The van der Waals surface area contributed by atoms with Crippen LogP contribution in [-0.4, -0.2) is 12.1 Å². The molecule has 1 saturated carbocycles. The summed E-state index contributed by atoms with van der Waals surface area (Å²) in [6.07, 6.45) is 2.49. The molecule has 0 bridgehead atoms. The number of rotatable bonds is 0. The summed E-state index contributed by atoms with van der Waals surface area (Å²) < 4.78 is 13.8. The first-order valence-electron chi connectivity index (χ1n) is 5.08. The summed E-state index contributed by atoms with van der Waals surface area (Å²) >= 11 is 0. The Morgan fingerprint density at radius 3 is 2.79 bits per heavy atom. The van der Waals surface area contributed by atoms with Crippen LogP contribution in [0, 0.1) is 5.41 Å². The zero-order chi connectivity index (χ0) is 9.92.